The van der Waals surface area contributed by atoms with E-state index in [0.29, 0.717) is 12.2 Å². The molecule has 132 valence electrons. The lowest BCUT2D eigenvalue weighted by atomic mass is 9.78. The Labute approximate surface area is 147 Å². The van der Waals surface area contributed by atoms with Crippen LogP contribution in [0.1, 0.15) is 56.0 Å². The number of nitrogens with one attached hydrogen (secondary N) is 1. The third-order valence-corrected chi connectivity index (χ3v) is 5.42. The number of ether oxygens (including phenoxy) is 1. The lowest BCUT2D eigenvalue weighted by molar-refractivity contribution is 0.0824. The fourth-order valence-electron chi connectivity index (χ4n) is 4.01. The zero-order chi connectivity index (χ0) is 17.8. The van der Waals surface area contributed by atoms with Gasteiger partial charge < -0.3 is 10.1 Å². The average molecular weight is 343 g/mol. The van der Waals surface area contributed by atoms with Crippen LogP contribution in [0.5, 0.6) is 0 Å². The van der Waals surface area contributed by atoms with Crippen LogP contribution in [0.25, 0.3) is 0 Å². The van der Waals surface area contributed by atoms with E-state index in [1.54, 1.807) is 12.1 Å². The topological polar surface area (TPSA) is 21.3 Å². The van der Waals surface area contributed by atoms with Crippen LogP contribution in [0.15, 0.2) is 36.4 Å². The van der Waals surface area contributed by atoms with E-state index in [4.69, 9.17) is 4.74 Å². The maximum Gasteiger partial charge on any atom is 0.164 e. The number of rotatable bonds is 1. The Morgan fingerprint density at radius 2 is 1.88 bits per heavy atom. The summed E-state index contributed by atoms with van der Waals surface area (Å²) in [5, 5.41) is 3.44. The molecule has 2 nitrogen and oxygen atoms in total. The first-order valence-electron chi connectivity index (χ1n) is 8.83. The minimum atomic E-state index is -0.802. The van der Waals surface area contributed by atoms with Crippen molar-refractivity contribution >= 4 is 5.69 Å². The quantitative estimate of drug-likeness (QED) is 0.737. The fraction of sp³-hybridized carbons (Fsp3) is 0.429. The Morgan fingerprint density at radius 1 is 1.08 bits per heavy atom. The van der Waals surface area contributed by atoms with E-state index in [1.807, 2.05) is 6.07 Å². The molecule has 0 aliphatic carbocycles. The van der Waals surface area contributed by atoms with Crippen LogP contribution >= 0.6 is 0 Å². The summed E-state index contributed by atoms with van der Waals surface area (Å²) in [5.74, 6) is -1.47. The van der Waals surface area contributed by atoms with Gasteiger partial charge in [-0.2, -0.15) is 0 Å². The van der Waals surface area contributed by atoms with Gasteiger partial charge >= 0.3 is 0 Å². The third-order valence-electron chi connectivity index (χ3n) is 5.42. The largest absolute Gasteiger partial charge is 0.377 e. The maximum absolute atomic E-state index is 14.4. The lowest BCUT2D eigenvalue weighted by Gasteiger charge is -2.37. The summed E-state index contributed by atoms with van der Waals surface area (Å²) >= 11 is 0. The molecule has 0 amide bonds. The SMILES string of the molecule is CC(C)(C)c1ccc2c(c1)C1OCCC1C(c1cccc(F)c1F)N2. The average Bonchev–Trinajstić information content (AvgIpc) is 3.05. The summed E-state index contributed by atoms with van der Waals surface area (Å²) in [6, 6.07) is 10.4. The molecule has 25 heavy (non-hydrogen) atoms. The molecule has 2 aromatic carbocycles. The number of anilines is 1. The maximum atomic E-state index is 14.4. The second-order valence-corrected chi connectivity index (χ2v) is 8.06. The summed E-state index contributed by atoms with van der Waals surface area (Å²) in [5.41, 5.74) is 3.76. The molecule has 0 radical (unpaired) electrons. The highest BCUT2D eigenvalue weighted by molar-refractivity contribution is 5.59. The van der Waals surface area contributed by atoms with Crippen molar-refractivity contribution in [2.75, 3.05) is 11.9 Å². The monoisotopic (exact) mass is 343 g/mol. The standard InChI is InChI=1S/C21H23F2NO/c1-21(2,3)12-7-8-17-15(11-12)20-14(9-10-25-20)19(24-17)13-5-4-6-16(22)18(13)23/h4-8,11,14,19-20,24H,9-10H2,1-3H3. The molecule has 0 bridgehead atoms. The smallest absolute Gasteiger partial charge is 0.164 e. The second kappa shape index (κ2) is 5.80. The minimum absolute atomic E-state index is 0.0502. The lowest BCUT2D eigenvalue weighted by Crippen LogP contribution is -2.30. The number of fused-ring (bicyclic) bond motifs is 3. The molecule has 0 saturated carbocycles. The van der Waals surface area contributed by atoms with Crippen molar-refractivity contribution in [2.24, 2.45) is 5.92 Å². The molecule has 2 aromatic rings. The Bertz CT molecular complexity index is 812. The molecule has 1 N–H and O–H groups in total. The van der Waals surface area contributed by atoms with Crippen LogP contribution in [0.3, 0.4) is 0 Å². The van der Waals surface area contributed by atoms with Gasteiger partial charge in [0.05, 0.1) is 12.1 Å². The van der Waals surface area contributed by atoms with Crippen LogP contribution in [-0.4, -0.2) is 6.61 Å². The molecular weight excluding hydrogens is 320 g/mol. The van der Waals surface area contributed by atoms with E-state index in [2.05, 4.69) is 38.2 Å². The first-order chi connectivity index (χ1) is 11.9. The van der Waals surface area contributed by atoms with Crippen LogP contribution in [-0.2, 0) is 10.2 Å². The number of halogens is 2. The van der Waals surface area contributed by atoms with Gasteiger partial charge in [-0.15, -0.1) is 0 Å². The van der Waals surface area contributed by atoms with Crippen LogP contribution in [0.4, 0.5) is 14.5 Å². The van der Waals surface area contributed by atoms with Crippen LogP contribution in [0, 0.1) is 17.6 Å². The van der Waals surface area contributed by atoms with E-state index < -0.39 is 11.6 Å². The Hall–Kier alpha value is -1.94. The predicted octanol–water partition coefficient (Wildman–Crippen LogP) is 5.51. The van der Waals surface area contributed by atoms with E-state index in [9.17, 15) is 8.78 Å². The Morgan fingerprint density at radius 3 is 2.64 bits per heavy atom. The molecule has 2 aliphatic rings. The summed E-state index contributed by atoms with van der Waals surface area (Å²) in [6.45, 7) is 7.19. The van der Waals surface area contributed by atoms with Crippen molar-refractivity contribution in [3.8, 4) is 0 Å². The van der Waals surface area contributed by atoms with Gasteiger partial charge in [0.2, 0.25) is 0 Å². The second-order valence-electron chi connectivity index (χ2n) is 8.06. The summed E-state index contributed by atoms with van der Waals surface area (Å²) in [4.78, 5) is 0. The van der Waals surface area contributed by atoms with Crippen molar-refractivity contribution in [1.82, 2.24) is 0 Å². The molecular formula is C21H23F2NO. The highest BCUT2D eigenvalue weighted by atomic mass is 19.2. The van der Waals surface area contributed by atoms with Gasteiger partial charge in [0.1, 0.15) is 0 Å². The number of hydrogen-bond donors (Lipinski definition) is 1. The van der Waals surface area contributed by atoms with Crippen molar-refractivity contribution in [2.45, 2.75) is 44.8 Å². The first-order valence-corrected chi connectivity index (χ1v) is 8.83. The molecule has 4 heteroatoms. The van der Waals surface area contributed by atoms with E-state index in [0.717, 1.165) is 23.7 Å². The first kappa shape index (κ1) is 16.5. The van der Waals surface area contributed by atoms with Crippen molar-refractivity contribution in [3.63, 3.8) is 0 Å². The van der Waals surface area contributed by atoms with Crippen molar-refractivity contribution in [1.29, 1.82) is 0 Å². The highest BCUT2D eigenvalue weighted by Gasteiger charge is 2.42. The van der Waals surface area contributed by atoms with Crippen LogP contribution in [0.2, 0.25) is 0 Å². The molecule has 3 atom stereocenters. The summed E-state index contributed by atoms with van der Waals surface area (Å²) < 4.78 is 34.1. The van der Waals surface area contributed by atoms with Crippen LogP contribution < -0.4 is 5.32 Å². The van der Waals surface area contributed by atoms with Crippen molar-refractivity contribution < 1.29 is 13.5 Å². The van der Waals surface area contributed by atoms with Gasteiger partial charge in [-0.1, -0.05) is 45.0 Å². The molecule has 2 aliphatic heterocycles. The fourth-order valence-corrected chi connectivity index (χ4v) is 4.01. The van der Waals surface area contributed by atoms with Gasteiger partial charge in [-0.05, 0) is 29.5 Å². The van der Waals surface area contributed by atoms with Gasteiger partial charge in [0, 0.05) is 29.3 Å². The molecule has 3 unspecified atom stereocenters. The van der Waals surface area contributed by atoms with Gasteiger partial charge in [-0.3, -0.25) is 0 Å². The molecule has 1 saturated heterocycles. The normalized spacial score (nSPS) is 25.2. The van der Waals surface area contributed by atoms with E-state index in [1.165, 1.54) is 5.56 Å². The molecule has 4 rings (SSSR count). The van der Waals surface area contributed by atoms with Gasteiger partial charge in [0.15, 0.2) is 11.6 Å². The Balaban J connectivity index is 1.79. The predicted molar refractivity (Wildman–Crippen MR) is 94.7 cm³/mol. The number of benzene rings is 2. The zero-order valence-electron chi connectivity index (χ0n) is 14.8. The van der Waals surface area contributed by atoms with Gasteiger partial charge in [-0.25, -0.2) is 8.78 Å². The highest BCUT2D eigenvalue weighted by Crippen LogP contribution is 2.50. The Kier molecular flexibility index (Phi) is 3.84. The molecule has 2 heterocycles. The molecule has 1 fully saturated rings. The minimum Gasteiger partial charge on any atom is -0.377 e. The third kappa shape index (κ3) is 2.73. The zero-order valence-corrected chi connectivity index (χ0v) is 14.8. The van der Waals surface area contributed by atoms with E-state index in [-0.39, 0.29) is 23.5 Å². The van der Waals surface area contributed by atoms with E-state index >= 15 is 0 Å². The summed E-state index contributed by atoms with van der Waals surface area (Å²) in [6.07, 6.45) is 0.753. The van der Waals surface area contributed by atoms with Crippen molar-refractivity contribution in [3.05, 3.63) is 64.7 Å². The summed E-state index contributed by atoms with van der Waals surface area (Å²) in [7, 11) is 0. The van der Waals surface area contributed by atoms with Gasteiger partial charge in [0.25, 0.3) is 0 Å². The number of hydrogen-bond acceptors (Lipinski definition) is 2. The molecule has 0 spiro atoms. The molecule has 0 aromatic heterocycles.